The summed E-state index contributed by atoms with van der Waals surface area (Å²) >= 11 is 6.26. The number of hydrogen-bond donors (Lipinski definition) is 0. The fraction of sp³-hybridized carbons (Fsp3) is 0.250. The molecule has 3 rings (SSSR count). The third-order valence-electron chi connectivity index (χ3n) is 3.19. The molecule has 21 heavy (non-hydrogen) atoms. The zero-order valence-electron chi connectivity index (χ0n) is 12.2. The summed E-state index contributed by atoms with van der Waals surface area (Å²) in [5.74, 6) is 1.33. The summed E-state index contributed by atoms with van der Waals surface area (Å²) in [6.07, 6.45) is 3.34. The fourth-order valence-electron chi connectivity index (χ4n) is 2.04. The maximum absolute atomic E-state index is 6.26. The predicted octanol–water partition coefficient (Wildman–Crippen LogP) is 4.48. The molecule has 3 aromatic heterocycles. The summed E-state index contributed by atoms with van der Waals surface area (Å²) < 4.78 is 7.25. The van der Waals surface area contributed by atoms with Crippen LogP contribution in [0.1, 0.15) is 26.5 Å². The van der Waals surface area contributed by atoms with Gasteiger partial charge in [0.2, 0.25) is 0 Å². The molecule has 0 radical (unpaired) electrons. The first-order chi connectivity index (χ1) is 9.97. The molecule has 3 aromatic rings. The Bertz CT molecular complexity index is 754. The fourth-order valence-corrected chi connectivity index (χ4v) is 2.24. The van der Waals surface area contributed by atoms with E-state index >= 15 is 0 Å². The summed E-state index contributed by atoms with van der Waals surface area (Å²) in [5, 5.41) is 5.23. The molecule has 5 heteroatoms. The molecule has 108 valence electrons. The SMILES string of the molecule is CC(C)(C)c1cc(-c2ccco2)n(-c2ncccc2Cl)n1. The van der Waals surface area contributed by atoms with Gasteiger partial charge in [0.1, 0.15) is 5.69 Å². The molecule has 0 saturated heterocycles. The highest BCUT2D eigenvalue weighted by molar-refractivity contribution is 6.32. The summed E-state index contributed by atoms with van der Waals surface area (Å²) in [4.78, 5) is 4.34. The van der Waals surface area contributed by atoms with E-state index < -0.39 is 0 Å². The Hall–Kier alpha value is -2.07. The Kier molecular flexibility index (Phi) is 3.33. The van der Waals surface area contributed by atoms with Crippen LogP contribution >= 0.6 is 11.6 Å². The molecule has 0 spiro atoms. The lowest BCUT2D eigenvalue weighted by atomic mass is 9.92. The second-order valence-corrected chi connectivity index (χ2v) is 6.27. The van der Waals surface area contributed by atoms with Crippen LogP contribution in [0.25, 0.3) is 17.3 Å². The molecule has 0 bridgehead atoms. The van der Waals surface area contributed by atoms with Gasteiger partial charge < -0.3 is 4.42 Å². The van der Waals surface area contributed by atoms with Gasteiger partial charge in [0.15, 0.2) is 11.6 Å². The van der Waals surface area contributed by atoms with Crippen molar-refractivity contribution in [2.24, 2.45) is 0 Å². The van der Waals surface area contributed by atoms with Crippen LogP contribution < -0.4 is 0 Å². The minimum absolute atomic E-state index is 0.0755. The minimum atomic E-state index is -0.0755. The number of halogens is 1. The summed E-state index contributed by atoms with van der Waals surface area (Å²) in [6.45, 7) is 6.35. The second-order valence-electron chi connectivity index (χ2n) is 5.86. The quantitative estimate of drug-likeness (QED) is 0.701. The maximum atomic E-state index is 6.26. The summed E-state index contributed by atoms with van der Waals surface area (Å²) in [5.41, 5.74) is 1.72. The van der Waals surface area contributed by atoms with E-state index in [0.29, 0.717) is 10.8 Å². The van der Waals surface area contributed by atoms with Gasteiger partial charge in [-0.15, -0.1) is 0 Å². The van der Waals surface area contributed by atoms with Gasteiger partial charge in [0.25, 0.3) is 0 Å². The molecule has 0 unspecified atom stereocenters. The van der Waals surface area contributed by atoms with E-state index in [0.717, 1.165) is 17.1 Å². The van der Waals surface area contributed by atoms with Crippen molar-refractivity contribution in [3.05, 3.63) is 53.5 Å². The lowest BCUT2D eigenvalue weighted by Gasteiger charge is -2.14. The van der Waals surface area contributed by atoms with Gasteiger partial charge >= 0.3 is 0 Å². The number of pyridine rings is 1. The number of furan rings is 1. The maximum Gasteiger partial charge on any atom is 0.172 e. The average molecular weight is 302 g/mol. The van der Waals surface area contributed by atoms with Crippen molar-refractivity contribution in [1.29, 1.82) is 0 Å². The number of nitrogens with zero attached hydrogens (tertiary/aromatic N) is 3. The predicted molar refractivity (Wildman–Crippen MR) is 82.8 cm³/mol. The molecule has 3 heterocycles. The zero-order valence-corrected chi connectivity index (χ0v) is 12.9. The van der Waals surface area contributed by atoms with Crippen LogP contribution in [0.2, 0.25) is 5.02 Å². The van der Waals surface area contributed by atoms with Crippen LogP contribution in [0.3, 0.4) is 0 Å². The van der Waals surface area contributed by atoms with Gasteiger partial charge in [-0.1, -0.05) is 32.4 Å². The van der Waals surface area contributed by atoms with Crippen LogP contribution in [0.15, 0.2) is 47.2 Å². The molecule has 0 aliphatic heterocycles. The Morgan fingerprint density at radius 2 is 2.00 bits per heavy atom. The lowest BCUT2D eigenvalue weighted by molar-refractivity contribution is 0.558. The lowest BCUT2D eigenvalue weighted by Crippen LogP contribution is -2.13. The normalized spacial score (nSPS) is 11.8. The third-order valence-corrected chi connectivity index (χ3v) is 3.49. The van der Waals surface area contributed by atoms with E-state index in [2.05, 4.69) is 30.9 Å². The molecule has 0 saturated carbocycles. The molecule has 0 atom stereocenters. The van der Waals surface area contributed by atoms with Crippen molar-refractivity contribution in [3.8, 4) is 17.3 Å². The van der Waals surface area contributed by atoms with E-state index in [1.54, 1.807) is 29.3 Å². The number of aromatic nitrogens is 3. The molecule has 0 aliphatic rings. The van der Waals surface area contributed by atoms with E-state index in [1.165, 1.54) is 0 Å². The smallest absolute Gasteiger partial charge is 0.172 e. The van der Waals surface area contributed by atoms with Crippen molar-refractivity contribution in [1.82, 2.24) is 14.8 Å². The van der Waals surface area contributed by atoms with Gasteiger partial charge in [0, 0.05) is 11.6 Å². The van der Waals surface area contributed by atoms with E-state index in [4.69, 9.17) is 16.0 Å². The van der Waals surface area contributed by atoms with Crippen LogP contribution in [0, 0.1) is 0 Å². The van der Waals surface area contributed by atoms with E-state index in [1.807, 2.05) is 18.2 Å². The van der Waals surface area contributed by atoms with Crippen molar-refractivity contribution in [3.63, 3.8) is 0 Å². The monoisotopic (exact) mass is 301 g/mol. The largest absolute Gasteiger partial charge is 0.463 e. The Labute approximate surface area is 128 Å². The summed E-state index contributed by atoms with van der Waals surface area (Å²) in [6, 6.07) is 9.37. The standard InChI is InChI=1S/C16H16ClN3O/c1-16(2,3)14-10-12(13-7-5-9-21-13)20(19-14)15-11(17)6-4-8-18-15/h4-10H,1-3H3. The van der Waals surface area contributed by atoms with Gasteiger partial charge in [0.05, 0.1) is 17.0 Å². The van der Waals surface area contributed by atoms with E-state index in [-0.39, 0.29) is 5.41 Å². The first-order valence-electron chi connectivity index (χ1n) is 6.72. The molecule has 0 aromatic carbocycles. The van der Waals surface area contributed by atoms with E-state index in [9.17, 15) is 0 Å². The van der Waals surface area contributed by atoms with Crippen molar-refractivity contribution >= 4 is 11.6 Å². The Balaban J connectivity index is 2.24. The number of rotatable bonds is 2. The second kappa shape index (κ2) is 5.04. The van der Waals surface area contributed by atoms with Gasteiger partial charge in [-0.2, -0.15) is 5.10 Å². The molecular weight excluding hydrogens is 286 g/mol. The molecule has 0 fully saturated rings. The Morgan fingerprint density at radius 3 is 2.62 bits per heavy atom. The summed E-state index contributed by atoms with van der Waals surface area (Å²) in [7, 11) is 0. The topological polar surface area (TPSA) is 43.9 Å². The average Bonchev–Trinajstić information content (AvgIpc) is 3.07. The molecule has 0 N–H and O–H groups in total. The minimum Gasteiger partial charge on any atom is -0.463 e. The van der Waals surface area contributed by atoms with Crippen molar-refractivity contribution < 1.29 is 4.42 Å². The highest BCUT2D eigenvalue weighted by Crippen LogP contribution is 2.30. The Morgan fingerprint density at radius 1 is 1.19 bits per heavy atom. The molecule has 4 nitrogen and oxygen atoms in total. The van der Waals surface area contributed by atoms with Crippen LogP contribution in [0.5, 0.6) is 0 Å². The van der Waals surface area contributed by atoms with Gasteiger partial charge in [-0.25, -0.2) is 9.67 Å². The molecule has 0 amide bonds. The van der Waals surface area contributed by atoms with Crippen LogP contribution in [-0.2, 0) is 5.41 Å². The third kappa shape index (κ3) is 2.59. The first kappa shape index (κ1) is 13.9. The van der Waals surface area contributed by atoms with Gasteiger partial charge in [-0.05, 0) is 30.3 Å². The van der Waals surface area contributed by atoms with Crippen molar-refractivity contribution in [2.45, 2.75) is 26.2 Å². The molecular formula is C16H16ClN3O. The zero-order chi connectivity index (χ0) is 15.0. The molecule has 0 aliphatic carbocycles. The first-order valence-corrected chi connectivity index (χ1v) is 7.10. The highest BCUT2D eigenvalue weighted by Gasteiger charge is 2.23. The van der Waals surface area contributed by atoms with Gasteiger partial charge in [-0.3, -0.25) is 0 Å². The van der Waals surface area contributed by atoms with Crippen LogP contribution in [-0.4, -0.2) is 14.8 Å². The highest BCUT2D eigenvalue weighted by atomic mass is 35.5. The van der Waals surface area contributed by atoms with Crippen molar-refractivity contribution in [2.75, 3.05) is 0 Å². The number of hydrogen-bond acceptors (Lipinski definition) is 3. The van der Waals surface area contributed by atoms with Crippen LogP contribution in [0.4, 0.5) is 0 Å².